The summed E-state index contributed by atoms with van der Waals surface area (Å²) in [6.07, 6.45) is 0. The normalized spacial score (nSPS) is 10.5. The Balaban J connectivity index is 2.05. The van der Waals surface area contributed by atoms with Crippen LogP contribution in [-0.4, -0.2) is 5.11 Å². The first-order valence-electron chi connectivity index (χ1n) is 6.03. The molecule has 0 aromatic heterocycles. The first kappa shape index (κ1) is 13.5. The number of rotatable bonds is 5. The number of nitrogens with two attached hydrogens (primary N) is 1. The predicted molar refractivity (Wildman–Crippen MR) is 71.0 cm³/mol. The summed E-state index contributed by atoms with van der Waals surface area (Å²) in [7, 11) is 0. The highest BCUT2D eigenvalue weighted by Gasteiger charge is 2.04. The molecule has 0 aliphatic rings. The Labute approximate surface area is 111 Å². The van der Waals surface area contributed by atoms with E-state index in [1.54, 1.807) is 30.3 Å². The van der Waals surface area contributed by atoms with Crippen molar-refractivity contribution in [2.75, 3.05) is 0 Å². The fourth-order valence-corrected chi connectivity index (χ4v) is 1.78. The highest BCUT2D eigenvalue weighted by Crippen LogP contribution is 2.17. The molecule has 2 aromatic rings. The van der Waals surface area contributed by atoms with E-state index < -0.39 is 0 Å². The van der Waals surface area contributed by atoms with Crippen LogP contribution in [0.5, 0.6) is 5.75 Å². The van der Waals surface area contributed by atoms with Gasteiger partial charge in [0.05, 0.1) is 6.61 Å². The molecule has 3 N–H and O–H groups in total. The Morgan fingerprint density at radius 1 is 1.05 bits per heavy atom. The topological polar surface area (TPSA) is 55.5 Å². The molecule has 0 bridgehead atoms. The molecule has 0 unspecified atom stereocenters. The molecular formula is C15H16FNO2. The van der Waals surface area contributed by atoms with Crippen molar-refractivity contribution in [2.45, 2.75) is 19.8 Å². The van der Waals surface area contributed by atoms with Crippen LogP contribution >= 0.6 is 0 Å². The van der Waals surface area contributed by atoms with Gasteiger partial charge >= 0.3 is 0 Å². The number of hydrogen-bond donors (Lipinski definition) is 2. The Kier molecular flexibility index (Phi) is 4.49. The van der Waals surface area contributed by atoms with Gasteiger partial charge in [-0.3, -0.25) is 0 Å². The monoisotopic (exact) mass is 261 g/mol. The maximum Gasteiger partial charge on any atom is 0.123 e. The van der Waals surface area contributed by atoms with Gasteiger partial charge in [-0.05, 0) is 41.0 Å². The lowest BCUT2D eigenvalue weighted by molar-refractivity contribution is 0.280. The second-order valence-corrected chi connectivity index (χ2v) is 4.21. The van der Waals surface area contributed by atoms with Crippen molar-refractivity contribution in [3.05, 3.63) is 65.0 Å². The third-order valence-electron chi connectivity index (χ3n) is 2.89. The second-order valence-electron chi connectivity index (χ2n) is 4.21. The van der Waals surface area contributed by atoms with E-state index in [0.717, 1.165) is 16.7 Å². The molecule has 0 amide bonds. The van der Waals surface area contributed by atoms with Gasteiger partial charge in [0.15, 0.2) is 0 Å². The van der Waals surface area contributed by atoms with Crippen molar-refractivity contribution in [1.29, 1.82) is 0 Å². The van der Waals surface area contributed by atoms with Crippen LogP contribution in [0.3, 0.4) is 0 Å². The zero-order chi connectivity index (χ0) is 13.7. The van der Waals surface area contributed by atoms with E-state index in [0.29, 0.717) is 12.4 Å². The van der Waals surface area contributed by atoms with Crippen molar-refractivity contribution in [3.63, 3.8) is 0 Å². The molecule has 4 heteroatoms. The zero-order valence-corrected chi connectivity index (χ0v) is 10.5. The number of aliphatic hydroxyl groups is 1. The minimum Gasteiger partial charge on any atom is -0.489 e. The molecule has 0 spiro atoms. The van der Waals surface area contributed by atoms with Gasteiger partial charge in [-0.25, -0.2) is 4.39 Å². The maximum absolute atomic E-state index is 13.1. The lowest BCUT2D eigenvalue weighted by Gasteiger charge is -2.10. The van der Waals surface area contributed by atoms with E-state index in [4.69, 9.17) is 15.6 Å². The Hall–Kier alpha value is -1.91. The van der Waals surface area contributed by atoms with E-state index in [9.17, 15) is 4.39 Å². The second kappa shape index (κ2) is 6.31. The first-order valence-corrected chi connectivity index (χ1v) is 6.03. The van der Waals surface area contributed by atoms with Gasteiger partial charge in [-0.2, -0.15) is 0 Å². The number of ether oxygens (including phenoxy) is 1. The summed E-state index contributed by atoms with van der Waals surface area (Å²) in [6, 6.07) is 11.7. The number of aliphatic hydroxyl groups excluding tert-OH is 1. The number of benzene rings is 2. The zero-order valence-electron chi connectivity index (χ0n) is 10.5. The summed E-state index contributed by atoms with van der Waals surface area (Å²) in [5, 5.41) is 8.94. The van der Waals surface area contributed by atoms with Crippen LogP contribution in [0, 0.1) is 5.82 Å². The molecular weight excluding hydrogens is 245 g/mol. The average molecular weight is 261 g/mol. The van der Waals surface area contributed by atoms with Crippen LogP contribution in [0.1, 0.15) is 16.7 Å². The van der Waals surface area contributed by atoms with Crippen molar-refractivity contribution < 1.29 is 14.2 Å². The van der Waals surface area contributed by atoms with Gasteiger partial charge in [0.2, 0.25) is 0 Å². The van der Waals surface area contributed by atoms with Crippen LogP contribution < -0.4 is 10.5 Å². The van der Waals surface area contributed by atoms with Gasteiger partial charge in [-0.1, -0.05) is 18.2 Å². The third kappa shape index (κ3) is 3.53. The smallest absolute Gasteiger partial charge is 0.123 e. The summed E-state index contributed by atoms with van der Waals surface area (Å²) in [6.45, 7) is 0.626. The van der Waals surface area contributed by atoms with Crippen molar-refractivity contribution in [2.24, 2.45) is 5.73 Å². The molecule has 19 heavy (non-hydrogen) atoms. The van der Waals surface area contributed by atoms with Gasteiger partial charge in [0, 0.05) is 6.54 Å². The summed E-state index contributed by atoms with van der Waals surface area (Å²) >= 11 is 0. The van der Waals surface area contributed by atoms with Crippen LogP contribution in [0.25, 0.3) is 0 Å². The fraction of sp³-hybridized carbons (Fsp3) is 0.200. The van der Waals surface area contributed by atoms with E-state index in [1.165, 1.54) is 12.1 Å². The molecule has 0 fully saturated rings. The molecule has 3 nitrogen and oxygen atoms in total. The molecule has 0 atom stereocenters. The minimum absolute atomic E-state index is 0.00949. The first-order chi connectivity index (χ1) is 9.22. The molecule has 0 saturated carbocycles. The molecule has 0 radical (unpaired) electrons. The molecule has 0 saturated heterocycles. The maximum atomic E-state index is 13.1. The molecule has 100 valence electrons. The van der Waals surface area contributed by atoms with Gasteiger partial charge < -0.3 is 15.6 Å². The largest absolute Gasteiger partial charge is 0.489 e. The highest BCUT2D eigenvalue weighted by molar-refractivity contribution is 5.30. The third-order valence-corrected chi connectivity index (χ3v) is 2.89. The van der Waals surface area contributed by atoms with Crippen LogP contribution in [0.15, 0.2) is 42.5 Å². The minimum atomic E-state index is -0.295. The van der Waals surface area contributed by atoms with Gasteiger partial charge in [0.1, 0.15) is 18.2 Å². The lowest BCUT2D eigenvalue weighted by Crippen LogP contribution is -2.05. The predicted octanol–water partition coefficient (Wildman–Crippen LogP) is 2.36. The van der Waals surface area contributed by atoms with Crippen LogP contribution in [-0.2, 0) is 19.8 Å². The Morgan fingerprint density at radius 2 is 1.79 bits per heavy atom. The molecule has 0 aliphatic carbocycles. The van der Waals surface area contributed by atoms with Crippen molar-refractivity contribution in [3.8, 4) is 5.75 Å². The van der Waals surface area contributed by atoms with E-state index in [-0.39, 0.29) is 19.0 Å². The summed E-state index contributed by atoms with van der Waals surface area (Å²) in [4.78, 5) is 0. The van der Waals surface area contributed by atoms with Crippen LogP contribution in [0.2, 0.25) is 0 Å². The quantitative estimate of drug-likeness (QED) is 0.868. The molecule has 0 heterocycles. The summed E-state index contributed by atoms with van der Waals surface area (Å²) in [5.74, 6) is 0.404. The lowest BCUT2D eigenvalue weighted by atomic mass is 10.1. The van der Waals surface area contributed by atoms with Gasteiger partial charge in [-0.15, -0.1) is 0 Å². The van der Waals surface area contributed by atoms with Gasteiger partial charge in [0.25, 0.3) is 0 Å². The van der Waals surface area contributed by atoms with Crippen molar-refractivity contribution in [1.82, 2.24) is 0 Å². The summed E-state index contributed by atoms with van der Waals surface area (Å²) in [5.41, 5.74) is 8.02. The Bertz CT molecular complexity index is 540. The standard InChI is InChI=1S/C15H16FNO2/c16-14-4-3-12(13(7-14)8-17)10-19-15-5-1-11(9-18)2-6-15/h1-7,18H,8-10,17H2. The SMILES string of the molecule is NCc1cc(F)ccc1COc1ccc(CO)cc1. The molecule has 0 aliphatic heterocycles. The molecule has 2 aromatic carbocycles. The van der Waals surface area contributed by atoms with Crippen LogP contribution in [0.4, 0.5) is 4.39 Å². The average Bonchev–Trinajstić information content (AvgIpc) is 2.46. The van der Waals surface area contributed by atoms with E-state index in [2.05, 4.69) is 0 Å². The van der Waals surface area contributed by atoms with E-state index in [1.807, 2.05) is 0 Å². The number of hydrogen-bond acceptors (Lipinski definition) is 3. The van der Waals surface area contributed by atoms with Crippen molar-refractivity contribution >= 4 is 0 Å². The molecule has 2 rings (SSSR count). The summed E-state index contributed by atoms with van der Waals surface area (Å²) < 4.78 is 18.7. The number of halogens is 1. The highest BCUT2D eigenvalue weighted by atomic mass is 19.1. The fourth-order valence-electron chi connectivity index (χ4n) is 1.78. The Morgan fingerprint density at radius 3 is 2.42 bits per heavy atom. The van der Waals surface area contributed by atoms with E-state index >= 15 is 0 Å².